The van der Waals surface area contributed by atoms with Crippen molar-refractivity contribution in [1.82, 2.24) is 15.2 Å². The first-order valence-corrected chi connectivity index (χ1v) is 6.29. The fourth-order valence-electron chi connectivity index (χ4n) is 1.87. The molecule has 1 saturated heterocycles. The number of hydrogen-bond donors (Lipinski definition) is 3. The summed E-state index contributed by atoms with van der Waals surface area (Å²) in [7, 11) is 0. The maximum absolute atomic E-state index is 11.8. The number of carbonyl (C=O) groups is 2. The number of aliphatic hydroxyl groups is 1. The summed E-state index contributed by atoms with van der Waals surface area (Å²) < 4.78 is 0. The zero-order valence-corrected chi connectivity index (χ0v) is 10.3. The number of carboxylic acids is 1. The normalized spacial score (nSPS) is 23.1. The van der Waals surface area contributed by atoms with E-state index in [1.54, 1.807) is 11.6 Å². The number of carboxylic acid groups (broad SMARTS) is 1. The van der Waals surface area contributed by atoms with Crippen molar-refractivity contribution >= 4 is 23.3 Å². The first-order chi connectivity index (χ1) is 8.58. The van der Waals surface area contributed by atoms with Gasteiger partial charge in [0.05, 0.1) is 12.6 Å². The van der Waals surface area contributed by atoms with E-state index in [-0.39, 0.29) is 19.5 Å². The minimum Gasteiger partial charge on any atom is -0.480 e. The van der Waals surface area contributed by atoms with Crippen LogP contribution in [-0.2, 0) is 11.3 Å². The van der Waals surface area contributed by atoms with Crippen molar-refractivity contribution in [3.8, 4) is 0 Å². The van der Waals surface area contributed by atoms with E-state index in [9.17, 15) is 14.7 Å². The summed E-state index contributed by atoms with van der Waals surface area (Å²) in [4.78, 5) is 27.9. The van der Waals surface area contributed by atoms with Gasteiger partial charge in [0.15, 0.2) is 0 Å². The summed E-state index contributed by atoms with van der Waals surface area (Å²) in [5.74, 6) is -1.10. The van der Waals surface area contributed by atoms with Gasteiger partial charge in [-0.1, -0.05) is 0 Å². The van der Waals surface area contributed by atoms with Gasteiger partial charge in [0.25, 0.3) is 0 Å². The number of nitrogens with one attached hydrogen (secondary N) is 1. The number of hydrogen-bond acceptors (Lipinski definition) is 5. The average molecular weight is 271 g/mol. The lowest BCUT2D eigenvalue weighted by Crippen LogP contribution is -2.45. The molecule has 0 spiro atoms. The van der Waals surface area contributed by atoms with Gasteiger partial charge >= 0.3 is 12.0 Å². The van der Waals surface area contributed by atoms with Gasteiger partial charge in [-0.15, -0.1) is 11.3 Å². The molecule has 18 heavy (non-hydrogen) atoms. The summed E-state index contributed by atoms with van der Waals surface area (Å²) in [6.07, 6.45) is 0.919. The molecule has 0 unspecified atom stereocenters. The monoisotopic (exact) mass is 271 g/mol. The smallest absolute Gasteiger partial charge is 0.326 e. The lowest BCUT2D eigenvalue weighted by Gasteiger charge is -2.21. The first-order valence-electron chi connectivity index (χ1n) is 5.41. The average Bonchev–Trinajstić information content (AvgIpc) is 2.94. The third kappa shape index (κ3) is 2.77. The Hall–Kier alpha value is -1.67. The summed E-state index contributed by atoms with van der Waals surface area (Å²) in [6.45, 7) is 0.302. The Bertz CT molecular complexity index is 436. The Morgan fingerprint density at radius 2 is 2.39 bits per heavy atom. The number of nitrogens with zero attached hydrogens (tertiary/aromatic N) is 2. The minimum absolute atomic E-state index is 0.0423. The molecule has 0 aromatic carbocycles. The van der Waals surface area contributed by atoms with Crippen LogP contribution in [0.1, 0.15) is 11.4 Å². The number of aliphatic hydroxyl groups excluding tert-OH is 1. The molecule has 98 valence electrons. The van der Waals surface area contributed by atoms with E-state index >= 15 is 0 Å². The zero-order chi connectivity index (χ0) is 13.1. The van der Waals surface area contributed by atoms with Gasteiger partial charge in [0.2, 0.25) is 0 Å². The Kier molecular flexibility index (Phi) is 3.78. The van der Waals surface area contributed by atoms with E-state index in [2.05, 4.69) is 10.3 Å². The maximum Gasteiger partial charge on any atom is 0.326 e. The maximum atomic E-state index is 11.8. The van der Waals surface area contributed by atoms with Gasteiger partial charge in [-0.2, -0.15) is 0 Å². The fraction of sp³-hybridized carbons (Fsp3) is 0.500. The van der Waals surface area contributed by atoms with Gasteiger partial charge in [0.1, 0.15) is 11.0 Å². The van der Waals surface area contributed by atoms with Crippen LogP contribution in [0.4, 0.5) is 4.79 Å². The second-order valence-corrected chi connectivity index (χ2v) is 4.96. The number of thiazole rings is 1. The topological polar surface area (TPSA) is 103 Å². The highest BCUT2D eigenvalue weighted by molar-refractivity contribution is 7.09. The zero-order valence-electron chi connectivity index (χ0n) is 9.44. The van der Waals surface area contributed by atoms with Crippen LogP contribution >= 0.6 is 11.3 Å². The Morgan fingerprint density at radius 3 is 3.00 bits per heavy atom. The van der Waals surface area contributed by atoms with Crippen LogP contribution < -0.4 is 5.32 Å². The van der Waals surface area contributed by atoms with E-state index < -0.39 is 24.1 Å². The molecule has 2 amide bonds. The SMILES string of the molecule is O=C(O)[C@H]1C[C@@H](O)CN1C(=O)NCc1nccs1. The van der Waals surface area contributed by atoms with Crippen molar-refractivity contribution in [2.45, 2.75) is 25.1 Å². The standard InChI is InChI=1S/C10H13N3O4S/c14-6-3-7(9(15)16)13(5-6)10(17)12-4-8-11-1-2-18-8/h1-2,6-7,14H,3-5H2,(H,12,17)(H,15,16)/t6-,7-/m1/s1. The number of aromatic nitrogens is 1. The third-order valence-corrected chi connectivity index (χ3v) is 3.48. The molecule has 0 saturated carbocycles. The Morgan fingerprint density at radius 1 is 1.61 bits per heavy atom. The molecule has 1 aromatic rings. The van der Waals surface area contributed by atoms with Crippen LogP contribution in [0.2, 0.25) is 0 Å². The van der Waals surface area contributed by atoms with Crippen molar-refractivity contribution < 1.29 is 19.8 Å². The number of urea groups is 1. The first kappa shape index (κ1) is 12.8. The highest BCUT2D eigenvalue weighted by Crippen LogP contribution is 2.18. The van der Waals surface area contributed by atoms with Gasteiger partial charge in [-0.05, 0) is 0 Å². The van der Waals surface area contributed by atoms with Crippen molar-refractivity contribution in [2.75, 3.05) is 6.54 Å². The van der Waals surface area contributed by atoms with Crippen molar-refractivity contribution in [1.29, 1.82) is 0 Å². The third-order valence-electron chi connectivity index (χ3n) is 2.70. The predicted octanol–water partition coefficient (Wildman–Crippen LogP) is -0.127. The number of rotatable bonds is 3. The molecule has 1 aromatic heterocycles. The van der Waals surface area contributed by atoms with Gasteiger partial charge in [0, 0.05) is 24.5 Å². The molecule has 0 aliphatic carbocycles. The molecule has 0 radical (unpaired) electrons. The van der Waals surface area contributed by atoms with Crippen LogP contribution in [0.25, 0.3) is 0 Å². The highest BCUT2D eigenvalue weighted by atomic mass is 32.1. The molecule has 1 aliphatic heterocycles. The largest absolute Gasteiger partial charge is 0.480 e. The molecular weight excluding hydrogens is 258 g/mol. The molecule has 7 nitrogen and oxygen atoms in total. The molecule has 8 heteroatoms. The van der Waals surface area contributed by atoms with Crippen LogP contribution in [0.5, 0.6) is 0 Å². The lowest BCUT2D eigenvalue weighted by molar-refractivity contribution is -0.141. The van der Waals surface area contributed by atoms with Crippen LogP contribution in [-0.4, -0.2) is 50.8 Å². The summed E-state index contributed by atoms with van der Waals surface area (Å²) in [6, 6.07) is -1.45. The van der Waals surface area contributed by atoms with E-state index in [1.807, 2.05) is 0 Å². The van der Waals surface area contributed by atoms with Crippen molar-refractivity contribution in [2.24, 2.45) is 0 Å². The molecule has 1 fully saturated rings. The van der Waals surface area contributed by atoms with Gasteiger partial charge < -0.3 is 20.4 Å². The summed E-state index contributed by atoms with van der Waals surface area (Å²) in [5.41, 5.74) is 0. The quantitative estimate of drug-likeness (QED) is 0.710. The van der Waals surface area contributed by atoms with Gasteiger partial charge in [-0.3, -0.25) is 0 Å². The van der Waals surface area contributed by atoms with Crippen LogP contribution in [0, 0.1) is 0 Å². The highest BCUT2D eigenvalue weighted by Gasteiger charge is 2.38. The van der Waals surface area contributed by atoms with E-state index in [1.165, 1.54) is 11.3 Å². The molecule has 0 bridgehead atoms. The number of likely N-dealkylation sites (tertiary alicyclic amines) is 1. The lowest BCUT2D eigenvalue weighted by atomic mass is 10.2. The number of carbonyl (C=O) groups excluding carboxylic acids is 1. The number of aliphatic carboxylic acids is 1. The van der Waals surface area contributed by atoms with Crippen LogP contribution in [0.15, 0.2) is 11.6 Å². The Balaban J connectivity index is 1.93. The minimum atomic E-state index is -1.10. The van der Waals surface area contributed by atoms with Crippen molar-refractivity contribution in [3.05, 3.63) is 16.6 Å². The van der Waals surface area contributed by atoms with Crippen LogP contribution in [0.3, 0.4) is 0 Å². The Labute approximate surface area is 107 Å². The van der Waals surface area contributed by atoms with Crippen molar-refractivity contribution in [3.63, 3.8) is 0 Å². The number of β-amino-alcohol motifs (C(OH)–C–C–N with tert-alkyl or cyclic N) is 1. The van der Waals surface area contributed by atoms with E-state index in [4.69, 9.17) is 5.11 Å². The van der Waals surface area contributed by atoms with Gasteiger partial charge in [-0.25, -0.2) is 14.6 Å². The predicted molar refractivity (Wildman–Crippen MR) is 63.1 cm³/mol. The fourth-order valence-corrected chi connectivity index (χ4v) is 2.42. The number of amides is 2. The second kappa shape index (κ2) is 5.32. The molecule has 3 N–H and O–H groups in total. The summed E-state index contributed by atoms with van der Waals surface area (Å²) >= 11 is 1.41. The van der Waals surface area contributed by atoms with E-state index in [0.717, 1.165) is 9.91 Å². The van der Waals surface area contributed by atoms with E-state index in [0.29, 0.717) is 0 Å². The summed E-state index contributed by atoms with van der Waals surface area (Å²) in [5, 5.41) is 23.5. The molecule has 2 atom stereocenters. The molecule has 2 rings (SSSR count). The molecular formula is C10H13N3O4S. The second-order valence-electron chi connectivity index (χ2n) is 3.98. The molecule has 2 heterocycles. The molecule has 1 aliphatic rings.